The lowest BCUT2D eigenvalue weighted by molar-refractivity contribution is 0.284. The van der Waals surface area contributed by atoms with Gasteiger partial charge in [0.15, 0.2) is 5.82 Å². The Labute approximate surface area is 108 Å². The van der Waals surface area contributed by atoms with E-state index in [0.29, 0.717) is 30.0 Å². The van der Waals surface area contributed by atoms with E-state index in [1.54, 1.807) is 0 Å². The van der Waals surface area contributed by atoms with E-state index in [9.17, 15) is 0 Å². The predicted molar refractivity (Wildman–Crippen MR) is 72.7 cm³/mol. The maximum atomic E-state index is 6.02. The molecular weight excluding hydrogens is 228 g/mol. The second-order valence-corrected chi connectivity index (χ2v) is 4.91. The third-order valence-electron chi connectivity index (χ3n) is 3.51. The van der Waals surface area contributed by atoms with Crippen LogP contribution in [0.1, 0.15) is 39.5 Å². The van der Waals surface area contributed by atoms with Crippen molar-refractivity contribution in [1.82, 2.24) is 9.97 Å². The van der Waals surface area contributed by atoms with Gasteiger partial charge in [0.1, 0.15) is 12.0 Å². The van der Waals surface area contributed by atoms with Gasteiger partial charge in [0.25, 0.3) is 0 Å². The Morgan fingerprint density at radius 1 is 1.50 bits per heavy atom. The normalized spacial score (nSPS) is 17.0. The lowest BCUT2D eigenvalue weighted by atomic mass is 9.80. The topological polar surface area (TPSA) is 73.1 Å². The molecule has 1 atom stereocenters. The number of ether oxygens (including phenoxy) is 1. The van der Waals surface area contributed by atoms with Gasteiger partial charge in [-0.05, 0) is 32.1 Å². The molecule has 18 heavy (non-hydrogen) atoms. The summed E-state index contributed by atoms with van der Waals surface area (Å²) < 4.78 is 5.49. The Hall–Kier alpha value is -1.52. The summed E-state index contributed by atoms with van der Waals surface area (Å²) in [5, 5.41) is 3.37. The van der Waals surface area contributed by atoms with Crippen molar-refractivity contribution in [2.45, 2.75) is 45.6 Å². The Morgan fingerprint density at radius 3 is 2.89 bits per heavy atom. The Bertz CT molecular complexity index is 393. The average Bonchev–Trinajstić information content (AvgIpc) is 2.28. The Morgan fingerprint density at radius 2 is 2.28 bits per heavy atom. The Balaban J connectivity index is 2.02. The van der Waals surface area contributed by atoms with Gasteiger partial charge in [-0.3, -0.25) is 0 Å². The molecule has 5 heteroatoms. The van der Waals surface area contributed by atoms with Gasteiger partial charge in [-0.15, -0.1) is 0 Å². The molecule has 1 aliphatic carbocycles. The quantitative estimate of drug-likeness (QED) is 0.811. The first-order valence-electron chi connectivity index (χ1n) is 6.72. The minimum atomic E-state index is 0.398. The summed E-state index contributed by atoms with van der Waals surface area (Å²) in [6, 6.07) is 0.398. The van der Waals surface area contributed by atoms with Crippen LogP contribution in [0.5, 0.6) is 5.88 Å². The molecule has 0 saturated heterocycles. The van der Waals surface area contributed by atoms with Crippen LogP contribution in [-0.2, 0) is 0 Å². The van der Waals surface area contributed by atoms with Crippen LogP contribution in [0.4, 0.5) is 11.5 Å². The first kappa shape index (κ1) is 12.9. The van der Waals surface area contributed by atoms with Crippen molar-refractivity contribution in [3.63, 3.8) is 0 Å². The lowest BCUT2D eigenvalue weighted by Crippen LogP contribution is -2.31. The van der Waals surface area contributed by atoms with Crippen LogP contribution in [0.25, 0.3) is 0 Å². The summed E-state index contributed by atoms with van der Waals surface area (Å²) in [5.41, 5.74) is 6.53. The molecule has 0 amide bonds. The van der Waals surface area contributed by atoms with E-state index in [1.165, 1.54) is 25.6 Å². The number of rotatable bonds is 6. The van der Waals surface area contributed by atoms with Gasteiger partial charge in [-0.25, -0.2) is 4.98 Å². The van der Waals surface area contributed by atoms with Gasteiger partial charge in [0.2, 0.25) is 5.88 Å². The number of nitrogens with one attached hydrogen (secondary N) is 1. The minimum absolute atomic E-state index is 0.398. The molecule has 1 aromatic heterocycles. The maximum absolute atomic E-state index is 6.02. The molecule has 1 saturated carbocycles. The van der Waals surface area contributed by atoms with Crippen LogP contribution in [0, 0.1) is 5.92 Å². The maximum Gasteiger partial charge on any atom is 0.242 e. The number of nitrogens with two attached hydrogens (primary N) is 1. The fourth-order valence-corrected chi connectivity index (χ4v) is 2.08. The molecule has 1 fully saturated rings. The van der Waals surface area contributed by atoms with Crippen LogP contribution in [0.3, 0.4) is 0 Å². The van der Waals surface area contributed by atoms with Gasteiger partial charge < -0.3 is 15.8 Å². The van der Waals surface area contributed by atoms with Gasteiger partial charge in [-0.2, -0.15) is 4.98 Å². The highest BCUT2D eigenvalue weighted by molar-refractivity contribution is 5.66. The molecule has 1 heterocycles. The highest BCUT2D eigenvalue weighted by atomic mass is 16.5. The van der Waals surface area contributed by atoms with E-state index in [0.717, 1.165) is 12.3 Å². The molecule has 1 aliphatic rings. The molecule has 0 aliphatic heterocycles. The number of nitrogen functional groups attached to an aromatic ring is 1. The van der Waals surface area contributed by atoms with Crippen molar-refractivity contribution in [2.75, 3.05) is 17.7 Å². The van der Waals surface area contributed by atoms with Crippen molar-refractivity contribution in [3.8, 4) is 5.88 Å². The number of nitrogens with zero attached hydrogens (tertiary/aromatic N) is 2. The van der Waals surface area contributed by atoms with Crippen LogP contribution in [0.15, 0.2) is 6.33 Å². The van der Waals surface area contributed by atoms with E-state index in [-0.39, 0.29) is 0 Å². The highest BCUT2D eigenvalue weighted by Gasteiger charge is 2.24. The van der Waals surface area contributed by atoms with Gasteiger partial charge in [0.05, 0.1) is 6.61 Å². The monoisotopic (exact) mass is 250 g/mol. The van der Waals surface area contributed by atoms with Crippen LogP contribution in [0.2, 0.25) is 0 Å². The minimum Gasteiger partial charge on any atom is -0.476 e. The number of hydrogen-bond acceptors (Lipinski definition) is 5. The summed E-state index contributed by atoms with van der Waals surface area (Å²) in [4.78, 5) is 8.26. The smallest absolute Gasteiger partial charge is 0.242 e. The zero-order valence-corrected chi connectivity index (χ0v) is 11.1. The predicted octanol–water partition coefficient (Wildman–Crippen LogP) is 2.45. The number of hydrogen-bond donors (Lipinski definition) is 2. The third-order valence-corrected chi connectivity index (χ3v) is 3.51. The highest BCUT2D eigenvalue weighted by Crippen LogP contribution is 2.32. The standard InChI is InChI=1S/C13H22N4O/c1-3-7-18-13-11(14)12(15-8-16-13)17-9(2)10-5-4-6-10/h8-10H,3-7,14H2,1-2H3,(H,15,16,17). The molecule has 5 nitrogen and oxygen atoms in total. The summed E-state index contributed by atoms with van der Waals surface area (Å²) >= 11 is 0. The van der Waals surface area contributed by atoms with E-state index in [4.69, 9.17) is 10.5 Å². The van der Waals surface area contributed by atoms with E-state index < -0.39 is 0 Å². The average molecular weight is 250 g/mol. The molecule has 1 unspecified atom stereocenters. The van der Waals surface area contributed by atoms with Gasteiger partial charge >= 0.3 is 0 Å². The SMILES string of the molecule is CCCOc1ncnc(NC(C)C2CCC2)c1N. The van der Waals surface area contributed by atoms with Crippen molar-refractivity contribution < 1.29 is 4.74 Å². The molecule has 0 spiro atoms. The van der Waals surface area contributed by atoms with E-state index in [1.807, 2.05) is 0 Å². The lowest BCUT2D eigenvalue weighted by Gasteiger charge is -2.32. The molecule has 2 rings (SSSR count). The van der Waals surface area contributed by atoms with Crippen LogP contribution < -0.4 is 15.8 Å². The molecule has 0 aromatic carbocycles. The summed E-state index contributed by atoms with van der Waals surface area (Å²) in [6.07, 6.45) is 6.35. The fraction of sp³-hybridized carbons (Fsp3) is 0.692. The zero-order valence-electron chi connectivity index (χ0n) is 11.1. The Kier molecular flexibility index (Phi) is 4.23. The van der Waals surface area contributed by atoms with Crippen molar-refractivity contribution in [3.05, 3.63) is 6.33 Å². The van der Waals surface area contributed by atoms with Crippen molar-refractivity contribution >= 4 is 11.5 Å². The molecule has 3 N–H and O–H groups in total. The van der Waals surface area contributed by atoms with Crippen molar-refractivity contribution in [2.24, 2.45) is 5.92 Å². The summed E-state index contributed by atoms with van der Waals surface area (Å²) in [5.74, 6) is 1.91. The summed E-state index contributed by atoms with van der Waals surface area (Å²) in [6.45, 7) is 4.85. The first-order valence-corrected chi connectivity index (χ1v) is 6.72. The third kappa shape index (κ3) is 2.83. The molecular formula is C13H22N4O. The number of anilines is 2. The second kappa shape index (κ2) is 5.89. The first-order chi connectivity index (χ1) is 8.72. The molecule has 100 valence electrons. The number of aromatic nitrogens is 2. The van der Waals surface area contributed by atoms with Crippen LogP contribution >= 0.6 is 0 Å². The second-order valence-electron chi connectivity index (χ2n) is 4.91. The van der Waals surface area contributed by atoms with Crippen LogP contribution in [-0.4, -0.2) is 22.6 Å². The van der Waals surface area contributed by atoms with Crippen molar-refractivity contribution in [1.29, 1.82) is 0 Å². The van der Waals surface area contributed by atoms with Gasteiger partial charge in [-0.1, -0.05) is 13.3 Å². The van der Waals surface area contributed by atoms with E-state index in [2.05, 4.69) is 29.1 Å². The van der Waals surface area contributed by atoms with E-state index >= 15 is 0 Å². The zero-order chi connectivity index (χ0) is 13.0. The fourth-order valence-electron chi connectivity index (χ4n) is 2.08. The molecule has 0 radical (unpaired) electrons. The summed E-state index contributed by atoms with van der Waals surface area (Å²) in [7, 11) is 0. The largest absolute Gasteiger partial charge is 0.476 e. The van der Waals surface area contributed by atoms with Gasteiger partial charge in [0, 0.05) is 6.04 Å². The molecule has 0 bridgehead atoms. The molecule has 1 aromatic rings.